The van der Waals surface area contributed by atoms with Gasteiger partial charge < -0.3 is 10.1 Å². The average Bonchev–Trinajstić information content (AvgIpc) is 2.61. The zero-order valence-electron chi connectivity index (χ0n) is 13.2. The van der Waals surface area contributed by atoms with Gasteiger partial charge in [0.1, 0.15) is 11.2 Å². The molecule has 0 atom stereocenters. The number of carbonyl (C=O) groups excluding carboxylic acids is 1. The minimum Gasteiger partial charge on any atom is -0.380 e. The topological polar surface area (TPSA) is 72.7 Å². The van der Waals surface area contributed by atoms with Gasteiger partial charge in [-0.25, -0.2) is 4.98 Å². The highest BCUT2D eigenvalue weighted by Gasteiger charge is 2.13. The number of aromatic nitrogens is 2. The van der Waals surface area contributed by atoms with Gasteiger partial charge in [-0.2, -0.15) is 0 Å². The maximum Gasteiger partial charge on any atom is 0.270 e. The molecule has 2 heterocycles. The van der Waals surface area contributed by atoms with Crippen molar-refractivity contribution in [3.8, 4) is 0 Å². The molecule has 0 fully saturated rings. The number of amides is 1. The Hall–Kier alpha value is -2.99. The van der Waals surface area contributed by atoms with Crippen LogP contribution < -0.4 is 10.9 Å². The average molecular weight is 323 g/mol. The summed E-state index contributed by atoms with van der Waals surface area (Å²) in [6.45, 7) is 0.779. The highest BCUT2D eigenvalue weighted by Crippen LogP contribution is 2.09. The quantitative estimate of drug-likeness (QED) is 0.777. The van der Waals surface area contributed by atoms with Crippen molar-refractivity contribution >= 4 is 11.6 Å². The number of ether oxygens (including phenoxy) is 1. The number of pyridine rings is 1. The zero-order valence-corrected chi connectivity index (χ0v) is 13.2. The van der Waals surface area contributed by atoms with Crippen LogP contribution in [0.25, 0.3) is 5.65 Å². The van der Waals surface area contributed by atoms with E-state index in [0.717, 1.165) is 11.1 Å². The number of carbonyl (C=O) groups is 1. The van der Waals surface area contributed by atoms with E-state index in [-0.39, 0.29) is 11.1 Å². The van der Waals surface area contributed by atoms with Crippen LogP contribution in [0.1, 0.15) is 21.5 Å². The van der Waals surface area contributed by atoms with Crippen molar-refractivity contribution < 1.29 is 9.53 Å². The van der Waals surface area contributed by atoms with Gasteiger partial charge >= 0.3 is 0 Å². The van der Waals surface area contributed by atoms with Gasteiger partial charge in [-0.3, -0.25) is 14.0 Å². The van der Waals surface area contributed by atoms with E-state index >= 15 is 0 Å². The van der Waals surface area contributed by atoms with Crippen LogP contribution in [0.4, 0.5) is 0 Å². The molecule has 0 spiro atoms. The lowest BCUT2D eigenvalue weighted by Crippen LogP contribution is -2.31. The number of nitrogens with one attached hydrogen (secondary N) is 1. The summed E-state index contributed by atoms with van der Waals surface area (Å²) >= 11 is 0. The van der Waals surface area contributed by atoms with Crippen LogP contribution in [-0.2, 0) is 17.9 Å². The molecule has 0 bridgehead atoms. The van der Waals surface area contributed by atoms with E-state index in [0.29, 0.717) is 18.8 Å². The smallest absolute Gasteiger partial charge is 0.270 e. The summed E-state index contributed by atoms with van der Waals surface area (Å²) in [7, 11) is 1.62. The number of hydrogen-bond donors (Lipinski definition) is 1. The molecule has 24 heavy (non-hydrogen) atoms. The van der Waals surface area contributed by atoms with Crippen molar-refractivity contribution in [2.24, 2.45) is 0 Å². The molecule has 2 aromatic heterocycles. The highest BCUT2D eigenvalue weighted by molar-refractivity contribution is 5.93. The van der Waals surface area contributed by atoms with E-state index in [1.807, 2.05) is 24.3 Å². The van der Waals surface area contributed by atoms with Crippen LogP contribution in [0.5, 0.6) is 0 Å². The van der Waals surface area contributed by atoms with Crippen LogP contribution in [0.3, 0.4) is 0 Å². The Labute approximate surface area is 138 Å². The Morgan fingerprint density at radius 3 is 2.71 bits per heavy atom. The Kier molecular flexibility index (Phi) is 4.67. The monoisotopic (exact) mass is 323 g/mol. The maximum absolute atomic E-state index is 12.4. The Morgan fingerprint density at radius 2 is 1.92 bits per heavy atom. The normalized spacial score (nSPS) is 10.7. The SMILES string of the molecule is COCc1ccccc1CNC(=O)c1cnc2ccccn2c1=O. The van der Waals surface area contributed by atoms with E-state index in [2.05, 4.69) is 10.3 Å². The number of fused-ring (bicyclic) bond motifs is 1. The van der Waals surface area contributed by atoms with E-state index < -0.39 is 5.91 Å². The molecule has 122 valence electrons. The van der Waals surface area contributed by atoms with Gasteiger partial charge in [-0.15, -0.1) is 0 Å². The molecule has 6 heteroatoms. The summed E-state index contributed by atoms with van der Waals surface area (Å²) in [5, 5.41) is 2.77. The van der Waals surface area contributed by atoms with Gasteiger partial charge in [0, 0.05) is 26.0 Å². The number of benzene rings is 1. The van der Waals surface area contributed by atoms with Crippen molar-refractivity contribution in [3.63, 3.8) is 0 Å². The third-order valence-electron chi connectivity index (χ3n) is 3.72. The summed E-state index contributed by atoms with van der Waals surface area (Å²) in [5.74, 6) is -0.446. The summed E-state index contributed by atoms with van der Waals surface area (Å²) < 4.78 is 6.51. The van der Waals surface area contributed by atoms with Crippen LogP contribution in [0.15, 0.2) is 59.7 Å². The van der Waals surface area contributed by atoms with Crippen LogP contribution in [0, 0.1) is 0 Å². The first-order valence-corrected chi connectivity index (χ1v) is 7.51. The van der Waals surface area contributed by atoms with Crippen LogP contribution in [0.2, 0.25) is 0 Å². The fourth-order valence-electron chi connectivity index (χ4n) is 2.48. The van der Waals surface area contributed by atoms with Crippen molar-refractivity contribution in [2.75, 3.05) is 7.11 Å². The largest absolute Gasteiger partial charge is 0.380 e. The number of nitrogens with zero attached hydrogens (tertiary/aromatic N) is 2. The summed E-state index contributed by atoms with van der Waals surface area (Å²) in [4.78, 5) is 28.9. The van der Waals surface area contributed by atoms with Gasteiger partial charge in [-0.1, -0.05) is 30.3 Å². The summed E-state index contributed by atoms with van der Waals surface area (Å²) in [5.41, 5.74) is 2.07. The van der Waals surface area contributed by atoms with E-state index in [4.69, 9.17) is 4.74 Å². The molecule has 1 amide bonds. The second kappa shape index (κ2) is 7.06. The lowest BCUT2D eigenvalue weighted by molar-refractivity contribution is 0.0948. The second-order valence-electron chi connectivity index (χ2n) is 5.29. The third kappa shape index (κ3) is 3.18. The fraction of sp³-hybridized carbons (Fsp3) is 0.167. The minimum absolute atomic E-state index is 0.0166. The minimum atomic E-state index is -0.446. The molecule has 0 saturated heterocycles. The lowest BCUT2D eigenvalue weighted by atomic mass is 10.1. The molecule has 0 unspecified atom stereocenters. The third-order valence-corrected chi connectivity index (χ3v) is 3.72. The standard InChI is InChI=1S/C18H17N3O3/c1-24-12-14-7-3-2-6-13(14)10-20-17(22)15-11-19-16-8-4-5-9-21(16)18(15)23/h2-9,11H,10,12H2,1H3,(H,20,22). The first kappa shape index (κ1) is 15.9. The Bertz CT molecular complexity index is 934. The molecule has 3 rings (SSSR count). The van der Waals surface area contributed by atoms with E-state index in [9.17, 15) is 9.59 Å². The van der Waals surface area contributed by atoms with Crippen LogP contribution in [-0.4, -0.2) is 22.4 Å². The fourth-order valence-corrected chi connectivity index (χ4v) is 2.48. The Morgan fingerprint density at radius 1 is 1.17 bits per heavy atom. The van der Waals surface area contributed by atoms with Gasteiger partial charge in [0.05, 0.1) is 6.61 Å². The highest BCUT2D eigenvalue weighted by atomic mass is 16.5. The van der Waals surface area contributed by atoms with E-state index in [1.54, 1.807) is 31.5 Å². The number of rotatable bonds is 5. The molecule has 0 aliphatic heterocycles. The van der Waals surface area contributed by atoms with E-state index in [1.165, 1.54) is 10.6 Å². The van der Waals surface area contributed by atoms with Crippen LogP contribution >= 0.6 is 0 Å². The Balaban J connectivity index is 1.81. The maximum atomic E-state index is 12.4. The number of methoxy groups -OCH3 is 1. The van der Waals surface area contributed by atoms with Crippen molar-refractivity contribution in [3.05, 3.63) is 81.9 Å². The summed E-state index contributed by atoms with van der Waals surface area (Å²) in [6.07, 6.45) is 2.91. The predicted octanol–water partition coefficient (Wildman–Crippen LogP) is 1.77. The summed E-state index contributed by atoms with van der Waals surface area (Å²) in [6, 6.07) is 12.9. The van der Waals surface area contributed by atoms with Gasteiger partial charge in [0.25, 0.3) is 11.5 Å². The number of hydrogen-bond acceptors (Lipinski definition) is 4. The predicted molar refractivity (Wildman–Crippen MR) is 89.8 cm³/mol. The molecule has 3 aromatic rings. The van der Waals surface area contributed by atoms with Crippen molar-refractivity contribution in [2.45, 2.75) is 13.2 Å². The van der Waals surface area contributed by atoms with Crippen molar-refractivity contribution in [1.29, 1.82) is 0 Å². The molecular formula is C18H17N3O3. The molecule has 0 saturated carbocycles. The van der Waals surface area contributed by atoms with Crippen molar-refractivity contribution in [1.82, 2.24) is 14.7 Å². The molecule has 1 N–H and O–H groups in total. The van der Waals surface area contributed by atoms with Gasteiger partial charge in [0.15, 0.2) is 0 Å². The first-order chi connectivity index (χ1) is 11.7. The molecule has 0 radical (unpaired) electrons. The molecular weight excluding hydrogens is 306 g/mol. The molecule has 6 nitrogen and oxygen atoms in total. The lowest BCUT2D eigenvalue weighted by Gasteiger charge is -2.10. The second-order valence-corrected chi connectivity index (χ2v) is 5.29. The molecule has 1 aromatic carbocycles. The molecule has 0 aliphatic rings. The molecule has 0 aliphatic carbocycles. The van der Waals surface area contributed by atoms with Gasteiger partial charge in [0.2, 0.25) is 0 Å². The first-order valence-electron chi connectivity index (χ1n) is 7.51. The zero-order chi connectivity index (χ0) is 16.9. The van der Waals surface area contributed by atoms with Gasteiger partial charge in [-0.05, 0) is 23.3 Å².